The normalized spacial score (nSPS) is 15.9. The third-order valence-corrected chi connectivity index (χ3v) is 5.05. The SMILES string of the molecule is NC(=O)Cc1cc(OC2CCN(Cc3ccccc3)CC2)cc2ccoc12. The van der Waals surface area contributed by atoms with Gasteiger partial charge in [0.05, 0.1) is 12.7 Å². The molecule has 27 heavy (non-hydrogen) atoms. The molecule has 140 valence electrons. The molecule has 1 fully saturated rings. The van der Waals surface area contributed by atoms with Gasteiger partial charge in [0.2, 0.25) is 5.91 Å². The van der Waals surface area contributed by atoms with E-state index in [0.717, 1.165) is 49.2 Å². The lowest BCUT2D eigenvalue weighted by Crippen LogP contribution is -2.37. The second kappa shape index (κ2) is 7.84. The predicted octanol–water partition coefficient (Wildman–Crippen LogP) is 3.50. The standard InChI is InChI=1S/C22H24N2O3/c23-21(25)14-18-13-20(12-17-8-11-26-22(17)18)27-19-6-9-24(10-7-19)15-16-4-2-1-3-5-16/h1-5,8,11-13,19H,6-7,9-10,14-15H2,(H2,23,25). The van der Waals surface area contributed by atoms with Gasteiger partial charge in [0, 0.05) is 30.6 Å². The van der Waals surface area contributed by atoms with Gasteiger partial charge in [-0.3, -0.25) is 9.69 Å². The highest BCUT2D eigenvalue weighted by molar-refractivity contribution is 5.87. The van der Waals surface area contributed by atoms with Crippen molar-refractivity contribution in [3.05, 3.63) is 65.9 Å². The summed E-state index contributed by atoms with van der Waals surface area (Å²) in [6.45, 7) is 3.01. The summed E-state index contributed by atoms with van der Waals surface area (Å²) in [6, 6.07) is 16.3. The van der Waals surface area contributed by atoms with E-state index in [9.17, 15) is 4.79 Å². The van der Waals surface area contributed by atoms with Crippen LogP contribution in [0.15, 0.2) is 59.2 Å². The molecule has 4 rings (SSSR count). The molecule has 3 aromatic rings. The highest BCUT2D eigenvalue weighted by Crippen LogP contribution is 2.29. The number of hydrogen-bond acceptors (Lipinski definition) is 4. The topological polar surface area (TPSA) is 68.7 Å². The van der Waals surface area contributed by atoms with Crippen LogP contribution in [0.5, 0.6) is 5.75 Å². The molecule has 0 unspecified atom stereocenters. The number of nitrogens with zero attached hydrogens (tertiary/aromatic N) is 1. The fourth-order valence-electron chi connectivity index (χ4n) is 3.73. The molecule has 1 aliphatic heterocycles. The lowest BCUT2D eigenvalue weighted by atomic mass is 10.1. The first-order chi connectivity index (χ1) is 13.2. The Morgan fingerprint density at radius 1 is 1.15 bits per heavy atom. The van der Waals surface area contributed by atoms with Crippen LogP contribution < -0.4 is 10.5 Å². The van der Waals surface area contributed by atoms with Gasteiger partial charge in [-0.25, -0.2) is 0 Å². The third kappa shape index (κ3) is 4.31. The Hall–Kier alpha value is -2.79. The lowest BCUT2D eigenvalue weighted by molar-refractivity contribution is -0.117. The Morgan fingerprint density at radius 2 is 1.93 bits per heavy atom. The van der Waals surface area contributed by atoms with Crippen molar-refractivity contribution in [1.29, 1.82) is 0 Å². The molecule has 5 heteroatoms. The maximum atomic E-state index is 11.4. The largest absolute Gasteiger partial charge is 0.490 e. The molecule has 0 aliphatic carbocycles. The van der Waals surface area contributed by atoms with Crippen molar-refractivity contribution >= 4 is 16.9 Å². The molecule has 0 spiro atoms. The van der Waals surface area contributed by atoms with Gasteiger partial charge in [0.15, 0.2) is 0 Å². The zero-order valence-electron chi connectivity index (χ0n) is 15.3. The molecule has 1 aromatic heterocycles. The first kappa shape index (κ1) is 17.6. The van der Waals surface area contributed by atoms with E-state index < -0.39 is 0 Å². The Labute approximate surface area is 158 Å². The van der Waals surface area contributed by atoms with Gasteiger partial charge in [-0.15, -0.1) is 0 Å². The molecule has 2 aromatic carbocycles. The van der Waals surface area contributed by atoms with Crippen LogP contribution in [0, 0.1) is 0 Å². The van der Waals surface area contributed by atoms with E-state index in [1.165, 1.54) is 5.56 Å². The number of carbonyl (C=O) groups excluding carboxylic acids is 1. The zero-order chi connectivity index (χ0) is 18.6. The molecule has 5 nitrogen and oxygen atoms in total. The molecule has 1 amide bonds. The van der Waals surface area contributed by atoms with Crippen molar-refractivity contribution in [2.45, 2.75) is 31.9 Å². The van der Waals surface area contributed by atoms with Crippen LogP contribution in [0.25, 0.3) is 11.0 Å². The molecular formula is C22H24N2O3. The first-order valence-electron chi connectivity index (χ1n) is 9.39. The number of likely N-dealkylation sites (tertiary alicyclic amines) is 1. The van der Waals surface area contributed by atoms with Crippen molar-refractivity contribution in [2.24, 2.45) is 5.73 Å². The van der Waals surface area contributed by atoms with Crippen molar-refractivity contribution < 1.29 is 13.9 Å². The summed E-state index contributed by atoms with van der Waals surface area (Å²) in [5.74, 6) is 0.403. The summed E-state index contributed by atoms with van der Waals surface area (Å²) in [5, 5.41) is 0.935. The van der Waals surface area contributed by atoms with Gasteiger partial charge in [-0.2, -0.15) is 0 Å². The molecule has 1 aliphatic rings. The number of nitrogens with two attached hydrogens (primary N) is 1. The highest BCUT2D eigenvalue weighted by Gasteiger charge is 2.21. The molecule has 1 saturated heterocycles. The Balaban J connectivity index is 1.39. The molecule has 0 bridgehead atoms. The number of amides is 1. The van der Waals surface area contributed by atoms with Crippen LogP contribution in [-0.2, 0) is 17.8 Å². The Bertz CT molecular complexity index is 912. The van der Waals surface area contributed by atoms with Crippen LogP contribution in [-0.4, -0.2) is 30.0 Å². The number of hydrogen-bond donors (Lipinski definition) is 1. The minimum absolute atomic E-state index is 0.150. The van der Waals surface area contributed by atoms with Gasteiger partial charge >= 0.3 is 0 Å². The number of furan rings is 1. The number of rotatable bonds is 6. The molecule has 0 saturated carbocycles. The fraction of sp³-hybridized carbons (Fsp3) is 0.318. The maximum absolute atomic E-state index is 11.4. The number of ether oxygens (including phenoxy) is 1. The molecular weight excluding hydrogens is 340 g/mol. The van der Waals surface area contributed by atoms with Gasteiger partial charge in [0.25, 0.3) is 0 Å². The second-order valence-electron chi connectivity index (χ2n) is 7.14. The highest BCUT2D eigenvalue weighted by atomic mass is 16.5. The average Bonchev–Trinajstić information content (AvgIpc) is 3.13. The number of primary amides is 1. The van der Waals surface area contributed by atoms with Gasteiger partial charge < -0.3 is 14.9 Å². The average molecular weight is 364 g/mol. The van der Waals surface area contributed by atoms with Crippen LogP contribution in [0.2, 0.25) is 0 Å². The van der Waals surface area contributed by atoms with E-state index in [-0.39, 0.29) is 18.4 Å². The van der Waals surface area contributed by atoms with E-state index >= 15 is 0 Å². The van der Waals surface area contributed by atoms with Crippen molar-refractivity contribution in [2.75, 3.05) is 13.1 Å². The monoisotopic (exact) mass is 364 g/mol. The minimum Gasteiger partial charge on any atom is -0.490 e. The number of carbonyl (C=O) groups is 1. The van der Waals surface area contributed by atoms with Gasteiger partial charge in [-0.05, 0) is 36.6 Å². The molecule has 2 N–H and O–H groups in total. The minimum atomic E-state index is -0.376. The summed E-state index contributed by atoms with van der Waals surface area (Å²) in [7, 11) is 0. The summed E-state index contributed by atoms with van der Waals surface area (Å²) in [6.07, 6.45) is 3.93. The van der Waals surface area contributed by atoms with Crippen LogP contribution in [0.3, 0.4) is 0 Å². The summed E-state index contributed by atoms with van der Waals surface area (Å²) >= 11 is 0. The smallest absolute Gasteiger partial charge is 0.221 e. The Kier molecular flexibility index (Phi) is 5.12. The van der Waals surface area contributed by atoms with Crippen LogP contribution >= 0.6 is 0 Å². The van der Waals surface area contributed by atoms with Gasteiger partial charge in [0.1, 0.15) is 17.4 Å². The summed E-state index contributed by atoms with van der Waals surface area (Å²) in [4.78, 5) is 13.8. The van der Waals surface area contributed by atoms with E-state index in [2.05, 4.69) is 29.2 Å². The van der Waals surface area contributed by atoms with Gasteiger partial charge in [-0.1, -0.05) is 30.3 Å². The second-order valence-corrected chi connectivity index (χ2v) is 7.14. The molecule has 0 radical (unpaired) electrons. The van der Waals surface area contributed by atoms with Crippen LogP contribution in [0.4, 0.5) is 0 Å². The van der Waals surface area contributed by atoms with E-state index in [1.54, 1.807) is 6.26 Å². The molecule has 0 atom stereocenters. The third-order valence-electron chi connectivity index (χ3n) is 5.05. The number of piperidine rings is 1. The Morgan fingerprint density at radius 3 is 2.67 bits per heavy atom. The van der Waals surface area contributed by atoms with Crippen LogP contribution in [0.1, 0.15) is 24.0 Å². The van der Waals surface area contributed by atoms with Crippen molar-refractivity contribution in [3.8, 4) is 5.75 Å². The predicted molar refractivity (Wildman–Crippen MR) is 104 cm³/mol. The quantitative estimate of drug-likeness (QED) is 0.727. The maximum Gasteiger partial charge on any atom is 0.221 e. The van der Waals surface area contributed by atoms with Crippen molar-refractivity contribution in [3.63, 3.8) is 0 Å². The number of benzene rings is 2. The van der Waals surface area contributed by atoms with E-state index in [4.69, 9.17) is 14.9 Å². The van der Waals surface area contributed by atoms with E-state index in [0.29, 0.717) is 5.58 Å². The first-order valence-corrected chi connectivity index (χ1v) is 9.39. The summed E-state index contributed by atoms with van der Waals surface area (Å²) in [5.41, 5.74) is 8.20. The fourth-order valence-corrected chi connectivity index (χ4v) is 3.73. The lowest BCUT2D eigenvalue weighted by Gasteiger charge is -2.32. The zero-order valence-corrected chi connectivity index (χ0v) is 15.3. The van der Waals surface area contributed by atoms with Crippen molar-refractivity contribution in [1.82, 2.24) is 4.90 Å². The van der Waals surface area contributed by atoms with E-state index in [1.807, 2.05) is 24.3 Å². The number of fused-ring (bicyclic) bond motifs is 1. The summed E-state index contributed by atoms with van der Waals surface area (Å²) < 4.78 is 11.7. The molecule has 2 heterocycles.